The average Bonchev–Trinajstić information content (AvgIpc) is 2.29. The van der Waals surface area contributed by atoms with Crippen LogP contribution in [-0.4, -0.2) is 11.9 Å². The molecule has 0 aromatic heterocycles. The van der Waals surface area contributed by atoms with Crippen molar-refractivity contribution in [2.24, 2.45) is 5.73 Å². The normalized spacial score (nSPS) is 14.1. The second-order valence-electron chi connectivity index (χ2n) is 4.18. The van der Waals surface area contributed by atoms with Crippen molar-refractivity contribution in [3.8, 4) is 0 Å². The van der Waals surface area contributed by atoms with Crippen LogP contribution in [0.15, 0.2) is 24.3 Å². The minimum absolute atomic E-state index is 0.0795. The van der Waals surface area contributed by atoms with E-state index in [9.17, 15) is 4.79 Å². The van der Waals surface area contributed by atoms with Gasteiger partial charge >= 0.3 is 0 Å². The van der Waals surface area contributed by atoms with Gasteiger partial charge in [0.15, 0.2) is 0 Å². The highest BCUT2D eigenvalue weighted by Gasteiger charge is 2.15. The van der Waals surface area contributed by atoms with E-state index in [1.165, 1.54) is 0 Å². The Morgan fingerprint density at radius 2 is 2.24 bits per heavy atom. The van der Waals surface area contributed by atoms with Gasteiger partial charge in [0, 0.05) is 5.02 Å². The first-order valence-corrected chi connectivity index (χ1v) is 6.23. The molecule has 0 saturated carbocycles. The second-order valence-corrected chi connectivity index (χ2v) is 4.62. The van der Waals surface area contributed by atoms with Crippen LogP contribution in [0.5, 0.6) is 0 Å². The molecule has 94 valence electrons. The van der Waals surface area contributed by atoms with E-state index >= 15 is 0 Å². The van der Waals surface area contributed by atoms with Crippen LogP contribution in [0.25, 0.3) is 0 Å². The van der Waals surface area contributed by atoms with Gasteiger partial charge in [-0.25, -0.2) is 0 Å². The van der Waals surface area contributed by atoms with Crippen LogP contribution in [0.1, 0.15) is 38.3 Å². The summed E-state index contributed by atoms with van der Waals surface area (Å²) < 4.78 is 0. The van der Waals surface area contributed by atoms with Gasteiger partial charge in [0.1, 0.15) is 0 Å². The third-order valence-electron chi connectivity index (χ3n) is 2.64. The molecule has 4 heteroatoms. The first kappa shape index (κ1) is 14.0. The zero-order chi connectivity index (χ0) is 12.8. The Hall–Kier alpha value is -1.06. The Labute approximate surface area is 107 Å². The summed E-state index contributed by atoms with van der Waals surface area (Å²) in [6.07, 6.45) is 1.61. The van der Waals surface area contributed by atoms with Crippen molar-refractivity contribution in [3.05, 3.63) is 34.9 Å². The molecule has 0 unspecified atom stereocenters. The summed E-state index contributed by atoms with van der Waals surface area (Å²) in [5, 5.41) is 3.55. The van der Waals surface area contributed by atoms with Gasteiger partial charge in [-0.3, -0.25) is 4.79 Å². The summed E-state index contributed by atoms with van der Waals surface area (Å²) in [6.45, 7) is 3.93. The summed E-state index contributed by atoms with van der Waals surface area (Å²) in [7, 11) is 0. The van der Waals surface area contributed by atoms with Crippen LogP contribution < -0.4 is 11.1 Å². The minimum Gasteiger partial charge on any atom is -0.348 e. The molecule has 0 aliphatic heterocycles. The van der Waals surface area contributed by atoms with Crippen molar-refractivity contribution < 1.29 is 4.79 Å². The lowest BCUT2D eigenvalue weighted by atomic mass is 10.1. The first-order chi connectivity index (χ1) is 8.04. The van der Waals surface area contributed by atoms with E-state index in [0.29, 0.717) is 11.4 Å². The molecule has 3 nitrogen and oxygen atoms in total. The molecule has 1 aromatic rings. The molecule has 1 rings (SSSR count). The zero-order valence-electron chi connectivity index (χ0n) is 10.2. The number of carbonyl (C=O) groups excluding carboxylic acids is 1. The molecular formula is C13H19ClN2O. The molecule has 1 amide bonds. The van der Waals surface area contributed by atoms with Crippen molar-refractivity contribution >= 4 is 17.5 Å². The van der Waals surface area contributed by atoms with Gasteiger partial charge in [0.25, 0.3) is 0 Å². The quantitative estimate of drug-likeness (QED) is 0.849. The highest BCUT2D eigenvalue weighted by Crippen LogP contribution is 2.17. The Kier molecular flexibility index (Phi) is 5.45. The molecule has 0 radical (unpaired) electrons. The molecule has 0 aliphatic rings. The van der Waals surface area contributed by atoms with Gasteiger partial charge in [0.05, 0.1) is 12.1 Å². The van der Waals surface area contributed by atoms with Crippen LogP contribution in [-0.2, 0) is 4.79 Å². The van der Waals surface area contributed by atoms with Crippen molar-refractivity contribution in [2.45, 2.75) is 38.8 Å². The summed E-state index contributed by atoms with van der Waals surface area (Å²) in [4.78, 5) is 11.7. The largest absolute Gasteiger partial charge is 0.348 e. The maximum atomic E-state index is 11.7. The summed E-state index contributed by atoms with van der Waals surface area (Å²) in [5.41, 5.74) is 6.73. The minimum atomic E-state index is -0.429. The topological polar surface area (TPSA) is 55.1 Å². The van der Waals surface area contributed by atoms with Crippen LogP contribution >= 0.6 is 11.6 Å². The fraction of sp³-hybridized carbons (Fsp3) is 0.462. The monoisotopic (exact) mass is 254 g/mol. The number of benzene rings is 1. The number of carbonyl (C=O) groups is 1. The molecule has 1 aromatic carbocycles. The summed E-state index contributed by atoms with van der Waals surface area (Å²) in [6, 6.07) is 6.94. The SMILES string of the molecule is CCC[C@H](N)C(=O)N[C@@H](C)c1cccc(Cl)c1. The summed E-state index contributed by atoms with van der Waals surface area (Å²) in [5.74, 6) is -0.112. The fourth-order valence-corrected chi connectivity index (χ4v) is 1.82. The lowest BCUT2D eigenvalue weighted by Gasteiger charge is -2.17. The molecule has 3 N–H and O–H groups in total. The molecule has 0 fully saturated rings. The molecule has 0 aliphatic carbocycles. The number of halogens is 1. The van der Waals surface area contributed by atoms with Gasteiger partial charge < -0.3 is 11.1 Å². The van der Waals surface area contributed by atoms with Crippen LogP contribution in [0, 0.1) is 0 Å². The molecular weight excluding hydrogens is 236 g/mol. The molecule has 0 spiro atoms. The zero-order valence-corrected chi connectivity index (χ0v) is 11.0. The predicted molar refractivity (Wildman–Crippen MR) is 70.9 cm³/mol. The predicted octanol–water partition coefficient (Wildman–Crippen LogP) is 2.64. The molecule has 0 bridgehead atoms. The van der Waals surface area contributed by atoms with E-state index in [2.05, 4.69) is 5.32 Å². The number of nitrogens with one attached hydrogen (secondary N) is 1. The van der Waals surface area contributed by atoms with Gasteiger partial charge in [0.2, 0.25) is 5.91 Å². The molecule has 2 atom stereocenters. The number of amides is 1. The van der Waals surface area contributed by atoms with E-state index in [-0.39, 0.29) is 11.9 Å². The molecule has 17 heavy (non-hydrogen) atoms. The smallest absolute Gasteiger partial charge is 0.237 e. The van der Waals surface area contributed by atoms with E-state index in [1.807, 2.05) is 38.1 Å². The van der Waals surface area contributed by atoms with E-state index in [1.54, 1.807) is 0 Å². The van der Waals surface area contributed by atoms with E-state index in [4.69, 9.17) is 17.3 Å². The maximum Gasteiger partial charge on any atom is 0.237 e. The lowest BCUT2D eigenvalue weighted by molar-refractivity contribution is -0.123. The van der Waals surface area contributed by atoms with E-state index in [0.717, 1.165) is 12.0 Å². The summed E-state index contributed by atoms with van der Waals surface area (Å²) >= 11 is 5.90. The first-order valence-electron chi connectivity index (χ1n) is 5.86. The number of hydrogen-bond donors (Lipinski definition) is 2. The number of hydrogen-bond acceptors (Lipinski definition) is 2. The Morgan fingerprint density at radius 1 is 1.53 bits per heavy atom. The third kappa shape index (κ3) is 4.36. The van der Waals surface area contributed by atoms with Gasteiger partial charge in [-0.15, -0.1) is 0 Å². The van der Waals surface area contributed by atoms with Crippen LogP contribution in [0.2, 0.25) is 5.02 Å². The number of rotatable bonds is 5. The average molecular weight is 255 g/mol. The standard InChI is InChI=1S/C13H19ClN2O/c1-3-5-12(15)13(17)16-9(2)10-6-4-7-11(14)8-10/h4,6-9,12H,3,5,15H2,1-2H3,(H,16,17)/t9-,12-/m0/s1. The van der Waals surface area contributed by atoms with Gasteiger partial charge in [-0.1, -0.05) is 37.1 Å². The van der Waals surface area contributed by atoms with Crippen molar-refractivity contribution in [3.63, 3.8) is 0 Å². The Morgan fingerprint density at radius 3 is 2.82 bits per heavy atom. The third-order valence-corrected chi connectivity index (χ3v) is 2.88. The Balaban J connectivity index is 2.60. The van der Waals surface area contributed by atoms with Crippen molar-refractivity contribution in [1.82, 2.24) is 5.32 Å². The highest BCUT2D eigenvalue weighted by molar-refractivity contribution is 6.30. The molecule has 0 saturated heterocycles. The second kappa shape index (κ2) is 6.62. The molecule has 0 heterocycles. The van der Waals surface area contributed by atoms with Gasteiger partial charge in [-0.05, 0) is 31.0 Å². The van der Waals surface area contributed by atoms with E-state index < -0.39 is 6.04 Å². The lowest BCUT2D eigenvalue weighted by Crippen LogP contribution is -2.41. The number of nitrogens with two attached hydrogens (primary N) is 1. The van der Waals surface area contributed by atoms with Crippen LogP contribution in [0.3, 0.4) is 0 Å². The van der Waals surface area contributed by atoms with Crippen molar-refractivity contribution in [1.29, 1.82) is 0 Å². The Bertz CT molecular complexity index is 381. The van der Waals surface area contributed by atoms with Crippen LogP contribution in [0.4, 0.5) is 0 Å². The highest BCUT2D eigenvalue weighted by atomic mass is 35.5. The van der Waals surface area contributed by atoms with Gasteiger partial charge in [-0.2, -0.15) is 0 Å². The maximum absolute atomic E-state index is 11.7. The van der Waals surface area contributed by atoms with Crippen molar-refractivity contribution in [2.75, 3.05) is 0 Å². The fourth-order valence-electron chi connectivity index (χ4n) is 1.62.